The zero-order valence-electron chi connectivity index (χ0n) is 44.9. The topological polar surface area (TPSA) is 0 Å². The van der Waals surface area contributed by atoms with Gasteiger partial charge in [0.2, 0.25) is 0 Å². The maximum absolute atomic E-state index is 2.56. The second kappa shape index (κ2) is 20.5. The van der Waals surface area contributed by atoms with Crippen molar-refractivity contribution >= 4 is 128 Å². The van der Waals surface area contributed by atoms with E-state index in [2.05, 4.69) is 213 Å². The molecule has 0 aliphatic carbocycles. The van der Waals surface area contributed by atoms with Gasteiger partial charge in [0.25, 0.3) is 0 Å². The number of allylic oxidation sites excluding steroid dienone is 13. The minimum Gasteiger partial charge on any atom is -0.0870 e. The van der Waals surface area contributed by atoms with Gasteiger partial charge in [-0.1, -0.05) is 164 Å². The van der Waals surface area contributed by atoms with Gasteiger partial charge < -0.3 is 0 Å². The fraction of sp³-hybridized carbons (Fsp3) is 0.333. The third-order valence-electron chi connectivity index (χ3n) is 15.3. The fourth-order valence-corrected chi connectivity index (χ4v) is 12.7. The van der Waals surface area contributed by atoms with Crippen LogP contribution < -0.4 is 0 Å². The summed E-state index contributed by atoms with van der Waals surface area (Å²) in [6.07, 6.45) is 40.6. The van der Waals surface area contributed by atoms with Crippen LogP contribution in [0.2, 0.25) is 0 Å². The van der Waals surface area contributed by atoms with E-state index in [1.165, 1.54) is 153 Å². The zero-order chi connectivity index (χ0) is 49.4. The molecule has 0 heteroatoms. The molecule has 0 heterocycles. The summed E-state index contributed by atoms with van der Waals surface area (Å²) in [6.45, 7) is 34.7. The van der Waals surface area contributed by atoms with Crippen molar-refractivity contribution in [3.05, 3.63) is 135 Å². The third-order valence-corrected chi connectivity index (χ3v) is 15.3. The molecule has 0 amide bonds. The Labute approximate surface area is 415 Å². The van der Waals surface area contributed by atoms with E-state index in [1.54, 1.807) is 0 Å². The summed E-state index contributed by atoms with van der Waals surface area (Å²) in [5.41, 5.74) is 19.2. The van der Waals surface area contributed by atoms with Gasteiger partial charge in [0.05, 0.1) is 0 Å². The van der Waals surface area contributed by atoms with E-state index < -0.39 is 0 Å². The summed E-state index contributed by atoms with van der Waals surface area (Å²) in [4.78, 5) is 0. The lowest BCUT2D eigenvalue weighted by Gasteiger charge is -2.32. The van der Waals surface area contributed by atoms with Gasteiger partial charge >= 0.3 is 0 Å². The number of benzene rings is 8. The standard InChI is InChI=1S/C69H78/c1-16-27-42(13)55-50(33-22-7)52-37-36-45(30-19-4)58-53(34-23-8)60-54(35-24-9)59-49(32-21-6)47(26-11)51-39-38-48(46(31-20-5)40-41(12)25-10)61-56(43(14)28-17-2)65-57(44(15)29-18-3)64(55)68(62(52)58)67(60)69(65)66(59)63(51)61/h19,21-24,27-39,41H,16-18,20,25-26,40H2,1-15H3/b30-19-,32-21-,33-22-,34-23-,35-24-,42-27+,43-28+,44-29+,46-31+. The van der Waals surface area contributed by atoms with E-state index in [4.69, 9.17) is 0 Å². The molecule has 0 fully saturated rings. The molecule has 0 N–H and O–H groups in total. The number of hydrogen-bond donors (Lipinski definition) is 0. The highest BCUT2D eigenvalue weighted by atomic mass is 14.4. The van der Waals surface area contributed by atoms with Gasteiger partial charge in [0.1, 0.15) is 0 Å². The van der Waals surface area contributed by atoms with Crippen molar-refractivity contribution in [3.63, 3.8) is 0 Å². The van der Waals surface area contributed by atoms with Crippen LogP contribution in [0.3, 0.4) is 0 Å². The average Bonchev–Trinajstić information content (AvgIpc) is 3.33. The molecule has 0 aliphatic heterocycles. The molecule has 69 heavy (non-hydrogen) atoms. The summed E-state index contributed by atoms with van der Waals surface area (Å²) >= 11 is 0. The van der Waals surface area contributed by atoms with Crippen molar-refractivity contribution in [3.8, 4) is 0 Å². The van der Waals surface area contributed by atoms with E-state index >= 15 is 0 Å². The Morgan fingerprint density at radius 1 is 0.420 bits per heavy atom. The predicted molar refractivity (Wildman–Crippen MR) is 320 cm³/mol. The Bertz CT molecular complexity index is 3530. The molecule has 0 bridgehead atoms. The molecule has 0 spiro atoms. The zero-order valence-corrected chi connectivity index (χ0v) is 44.9. The van der Waals surface area contributed by atoms with E-state index in [0.29, 0.717) is 5.92 Å². The summed E-state index contributed by atoms with van der Waals surface area (Å²) in [5, 5.41) is 19.6. The maximum atomic E-state index is 2.56. The molecule has 8 aromatic rings. The minimum atomic E-state index is 0.566. The van der Waals surface area contributed by atoms with Crippen molar-refractivity contribution in [2.45, 2.75) is 149 Å². The second-order valence-electron chi connectivity index (χ2n) is 19.7. The lowest BCUT2D eigenvalue weighted by molar-refractivity contribution is 0.579. The molecule has 1 unspecified atom stereocenters. The van der Waals surface area contributed by atoms with E-state index in [0.717, 1.165) is 44.9 Å². The Kier molecular flexibility index (Phi) is 14.7. The highest BCUT2D eigenvalue weighted by Gasteiger charge is 2.34. The van der Waals surface area contributed by atoms with E-state index in [-0.39, 0.29) is 0 Å². The highest BCUT2D eigenvalue weighted by Crippen LogP contribution is 2.60. The van der Waals surface area contributed by atoms with Gasteiger partial charge in [-0.05, 0) is 253 Å². The largest absolute Gasteiger partial charge is 0.0870 e. The van der Waals surface area contributed by atoms with Crippen LogP contribution in [0.4, 0.5) is 0 Å². The van der Waals surface area contributed by atoms with Crippen LogP contribution in [0, 0.1) is 5.92 Å². The van der Waals surface area contributed by atoms with Gasteiger partial charge in [0, 0.05) is 0 Å². The smallest absolute Gasteiger partial charge is 0.0000279 e. The van der Waals surface area contributed by atoms with Crippen LogP contribution in [0.1, 0.15) is 198 Å². The Balaban J connectivity index is 2.02. The Hall–Kier alpha value is -5.98. The monoisotopic (exact) mass is 907 g/mol. The first kappa shape index (κ1) is 49.4. The van der Waals surface area contributed by atoms with Crippen LogP contribution >= 0.6 is 0 Å². The number of rotatable bonds is 17. The maximum Gasteiger partial charge on any atom is -0.0000279 e. The third kappa shape index (κ3) is 7.64. The van der Waals surface area contributed by atoms with Crippen LogP contribution in [0.15, 0.2) is 78.9 Å². The molecule has 0 aliphatic rings. The lowest BCUT2D eigenvalue weighted by Crippen LogP contribution is -2.08. The quantitative estimate of drug-likeness (QED) is 0.0631. The normalized spacial score (nSPS) is 14.7. The first-order valence-corrected chi connectivity index (χ1v) is 26.7. The van der Waals surface area contributed by atoms with Gasteiger partial charge in [-0.3, -0.25) is 0 Å². The molecule has 0 saturated heterocycles. The van der Waals surface area contributed by atoms with Crippen molar-refractivity contribution in [1.29, 1.82) is 0 Å². The Morgan fingerprint density at radius 2 is 0.870 bits per heavy atom. The van der Waals surface area contributed by atoms with Crippen LogP contribution in [0.5, 0.6) is 0 Å². The second-order valence-corrected chi connectivity index (χ2v) is 19.7. The van der Waals surface area contributed by atoms with Gasteiger partial charge in [-0.2, -0.15) is 0 Å². The molecule has 8 rings (SSSR count). The SMILES string of the molecule is C/C=C\c1c(/C(C)=C/CC)c2c(/C(C)=C/CC)c3c(/C(C)=C/CC)c4c(/C(=C/CC)CC(C)CC)ccc5c(CC)c(/C=C\C)c6c(/C=C\C)c7c(/C=C\C)c8c(/C=C\C)ccc1c8c2c7c3c6c54. The summed E-state index contributed by atoms with van der Waals surface area (Å²) < 4.78 is 0. The lowest BCUT2D eigenvalue weighted by atomic mass is 9.70. The van der Waals surface area contributed by atoms with Crippen LogP contribution in [0.25, 0.3) is 128 Å². The molecule has 0 aromatic heterocycles. The number of hydrogen-bond acceptors (Lipinski definition) is 0. The van der Waals surface area contributed by atoms with Crippen LogP contribution in [-0.4, -0.2) is 0 Å². The molecular formula is C69H78. The summed E-state index contributed by atoms with van der Waals surface area (Å²) in [5.74, 6) is 0.566. The van der Waals surface area contributed by atoms with Crippen molar-refractivity contribution in [1.82, 2.24) is 0 Å². The predicted octanol–water partition coefficient (Wildman–Crippen LogP) is 22.5. The van der Waals surface area contributed by atoms with Crippen molar-refractivity contribution < 1.29 is 0 Å². The number of aryl methyl sites for hydroxylation is 1. The van der Waals surface area contributed by atoms with Crippen molar-refractivity contribution in [2.24, 2.45) is 5.92 Å². The molecule has 8 aromatic carbocycles. The highest BCUT2D eigenvalue weighted by molar-refractivity contribution is 6.50. The van der Waals surface area contributed by atoms with Crippen LogP contribution in [-0.2, 0) is 6.42 Å². The van der Waals surface area contributed by atoms with Gasteiger partial charge in [-0.25, -0.2) is 0 Å². The minimum absolute atomic E-state index is 0.566. The molecule has 354 valence electrons. The fourth-order valence-electron chi connectivity index (χ4n) is 12.7. The van der Waals surface area contributed by atoms with Crippen molar-refractivity contribution in [2.75, 3.05) is 0 Å². The first-order chi connectivity index (χ1) is 33.5. The van der Waals surface area contributed by atoms with E-state index in [9.17, 15) is 0 Å². The molecule has 0 radical (unpaired) electrons. The summed E-state index contributed by atoms with van der Waals surface area (Å²) in [6, 6.07) is 9.91. The first-order valence-electron chi connectivity index (χ1n) is 26.7. The Morgan fingerprint density at radius 3 is 1.43 bits per heavy atom. The summed E-state index contributed by atoms with van der Waals surface area (Å²) in [7, 11) is 0. The van der Waals surface area contributed by atoms with E-state index in [1.807, 2.05) is 0 Å². The molecule has 1 atom stereocenters. The molecule has 0 saturated carbocycles. The van der Waals surface area contributed by atoms with Gasteiger partial charge in [-0.15, -0.1) is 0 Å². The average molecular weight is 907 g/mol. The molecular weight excluding hydrogens is 829 g/mol. The molecule has 0 nitrogen and oxygen atoms in total. The van der Waals surface area contributed by atoms with Gasteiger partial charge in [0.15, 0.2) is 0 Å².